The van der Waals surface area contributed by atoms with E-state index < -0.39 is 0 Å². The van der Waals surface area contributed by atoms with E-state index in [1.54, 1.807) is 6.92 Å². The summed E-state index contributed by atoms with van der Waals surface area (Å²) < 4.78 is 1.41. The van der Waals surface area contributed by atoms with Gasteiger partial charge >= 0.3 is 0 Å². The van der Waals surface area contributed by atoms with Crippen molar-refractivity contribution in [2.75, 3.05) is 6.61 Å². The minimum atomic E-state index is -0.285. The van der Waals surface area contributed by atoms with Crippen molar-refractivity contribution < 1.29 is 9.90 Å². The topological polar surface area (TPSA) is 84.2 Å². The van der Waals surface area contributed by atoms with E-state index in [-0.39, 0.29) is 37.1 Å². The Morgan fingerprint density at radius 1 is 1.06 bits per heavy atom. The van der Waals surface area contributed by atoms with Crippen molar-refractivity contribution in [1.82, 2.24) is 14.9 Å². The van der Waals surface area contributed by atoms with Crippen LogP contribution < -0.4 is 10.9 Å². The number of rotatable bonds is 9. The van der Waals surface area contributed by atoms with Gasteiger partial charge in [0.25, 0.3) is 5.56 Å². The van der Waals surface area contributed by atoms with Crippen LogP contribution in [0.25, 0.3) is 11.4 Å². The van der Waals surface area contributed by atoms with E-state index in [9.17, 15) is 14.7 Å². The number of hydrogen-bond acceptors (Lipinski definition) is 4. The summed E-state index contributed by atoms with van der Waals surface area (Å²) in [6, 6.07) is 19.5. The maximum atomic E-state index is 13.1. The monoisotopic (exact) mass is 419 g/mol. The molecule has 1 amide bonds. The first-order valence-corrected chi connectivity index (χ1v) is 10.6. The standard InChI is InChI=1S/C25H29N3O3/c1-18(13-14-20-9-5-3-6-10-20)26-23(30)17-28-24(21-11-7-4-8-12-21)27-19(2)22(15-16-29)25(28)31/h3-12,18,29H,13-17H2,1-2H3,(H,26,30)/t18-/m1/s1. The quantitative estimate of drug-likeness (QED) is 0.559. The summed E-state index contributed by atoms with van der Waals surface area (Å²) in [5.41, 5.74) is 2.72. The van der Waals surface area contributed by atoms with Gasteiger partial charge in [-0.05, 0) is 32.3 Å². The Labute approximate surface area is 182 Å². The van der Waals surface area contributed by atoms with Gasteiger partial charge in [-0.2, -0.15) is 0 Å². The Kier molecular flexibility index (Phi) is 7.73. The maximum absolute atomic E-state index is 13.1. The Morgan fingerprint density at radius 2 is 1.71 bits per heavy atom. The summed E-state index contributed by atoms with van der Waals surface area (Å²) in [5.74, 6) is 0.220. The van der Waals surface area contributed by atoms with Gasteiger partial charge in [0, 0.05) is 35.9 Å². The molecular formula is C25H29N3O3. The minimum Gasteiger partial charge on any atom is -0.396 e. The van der Waals surface area contributed by atoms with Crippen LogP contribution in [0.1, 0.15) is 30.2 Å². The smallest absolute Gasteiger partial charge is 0.257 e. The second-order valence-electron chi connectivity index (χ2n) is 7.72. The Bertz CT molecular complexity index is 1060. The van der Waals surface area contributed by atoms with E-state index >= 15 is 0 Å². The van der Waals surface area contributed by atoms with Gasteiger partial charge in [-0.3, -0.25) is 14.2 Å². The third kappa shape index (κ3) is 5.89. The molecule has 31 heavy (non-hydrogen) atoms. The van der Waals surface area contributed by atoms with Gasteiger partial charge in [0.2, 0.25) is 5.91 Å². The molecule has 1 heterocycles. The van der Waals surface area contributed by atoms with E-state index in [0.29, 0.717) is 17.1 Å². The largest absolute Gasteiger partial charge is 0.396 e. The van der Waals surface area contributed by atoms with E-state index in [1.165, 1.54) is 10.1 Å². The summed E-state index contributed by atoms with van der Waals surface area (Å²) in [4.78, 5) is 30.5. The fourth-order valence-corrected chi connectivity index (χ4v) is 3.62. The molecule has 6 heteroatoms. The first-order chi connectivity index (χ1) is 15.0. The lowest BCUT2D eigenvalue weighted by Gasteiger charge is -2.18. The summed E-state index contributed by atoms with van der Waals surface area (Å²) in [5, 5.41) is 12.3. The Hall–Kier alpha value is -3.25. The molecule has 0 saturated carbocycles. The van der Waals surface area contributed by atoms with E-state index in [0.717, 1.165) is 18.4 Å². The molecule has 0 bridgehead atoms. The molecule has 3 rings (SSSR count). The number of aliphatic hydroxyl groups is 1. The van der Waals surface area contributed by atoms with Crippen molar-refractivity contribution in [3.63, 3.8) is 0 Å². The van der Waals surface area contributed by atoms with Crippen LogP contribution in [0.5, 0.6) is 0 Å². The van der Waals surface area contributed by atoms with Crippen LogP contribution in [0.2, 0.25) is 0 Å². The predicted molar refractivity (Wildman–Crippen MR) is 122 cm³/mol. The molecule has 0 saturated heterocycles. The van der Waals surface area contributed by atoms with Crippen LogP contribution in [0.15, 0.2) is 65.5 Å². The molecule has 1 atom stereocenters. The molecule has 6 nitrogen and oxygen atoms in total. The molecule has 2 N–H and O–H groups in total. The molecule has 162 valence electrons. The zero-order chi connectivity index (χ0) is 22.2. The highest BCUT2D eigenvalue weighted by atomic mass is 16.3. The second kappa shape index (κ2) is 10.7. The molecule has 0 aliphatic carbocycles. The lowest BCUT2D eigenvalue weighted by molar-refractivity contribution is -0.122. The summed E-state index contributed by atoms with van der Waals surface area (Å²) in [6.45, 7) is 3.46. The number of aromatic nitrogens is 2. The predicted octanol–water partition coefficient (Wildman–Crippen LogP) is 2.89. The zero-order valence-electron chi connectivity index (χ0n) is 18.0. The molecular weight excluding hydrogens is 390 g/mol. The van der Waals surface area contributed by atoms with Gasteiger partial charge in [-0.15, -0.1) is 0 Å². The second-order valence-corrected chi connectivity index (χ2v) is 7.72. The third-order valence-corrected chi connectivity index (χ3v) is 5.28. The van der Waals surface area contributed by atoms with Crippen molar-refractivity contribution in [3.8, 4) is 11.4 Å². The third-order valence-electron chi connectivity index (χ3n) is 5.28. The fourth-order valence-electron chi connectivity index (χ4n) is 3.62. The van der Waals surface area contributed by atoms with Gasteiger partial charge in [-0.1, -0.05) is 60.7 Å². The molecule has 0 spiro atoms. The van der Waals surface area contributed by atoms with Crippen LogP contribution in [-0.4, -0.2) is 33.2 Å². The van der Waals surface area contributed by atoms with Gasteiger partial charge in [0.05, 0.1) is 0 Å². The number of nitrogens with one attached hydrogen (secondary N) is 1. The lowest BCUT2D eigenvalue weighted by atomic mass is 10.1. The van der Waals surface area contributed by atoms with Crippen molar-refractivity contribution in [1.29, 1.82) is 0 Å². The fraction of sp³-hybridized carbons (Fsp3) is 0.320. The van der Waals surface area contributed by atoms with Crippen LogP contribution in [0.4, 0.5) is 0 Å². The summed E-state index contributed by atoms with van der Waals surface area (Å²) >= 11 is 0. The number of nitrogens with zero attached hydrogens (tertiary/aromatic N) is 2. The molecule has 0 unspecified atom stereocenters. The van der Waals surface area contributed by atoms with Crippen LogP contribution in [0.3, 0.4) is 0 Å². The zero-order valence-corrected chi connectivity index (χ0v) is 18.0. The average molecular weight is 420 g/mol. The number of carbonyl (C=O) groups excluding carboxylic acids is 1. The number of hydrogen-bond donors (Lipinski definition) is 2. The summed E-state index contributed by atoms with van der Waals surface area (Å²) in [7, 11) is 0. The molecule has 0 radical (unpaired) electrons. The minimum absolute atomic E-state index is 0.0288. The van der Waals surface area contributed by atoms with Gasteiger partial charge in [0.1, 0.15) is 12.4 Å². The normalized spacial score (nSPS) is 11.8. The molecule has 0 fully saturated rings. The number of benzene rings is 2. The van der Waals surface area contributed by atoms with E-state index in [2.05, 4.69) is 22.4 Å². The molecule has 2 aromatic carbocycles. The number of aliphatic hydroxyl groups excluding tert-OH is 1. The first-order valence-electron chi connectivity index (χ1n) is 10.6. The SMILES string of the molecule is Cc1nc(-c2ccccc2)n(CC(=O)N[C@H](C)CCc2ccccc2)c(=O)c1CCO. The molecule has 0 aliphatic rings. The highest BCUT2D eigenvalue weighted by Crippen LogP contribution is 2.17. The van der Waals surface area contributed by atoms with Crippen molar-refractivity contribution in [2.45, 2.75) is 45.7 Å². The number of aryl methyl sites for hydroxylation is 2. The Morgan fingerprint density at radius 3 is 2.35 bits per heavy atom. The maximum Gasteiger partial charge on any atom is 0.257 e. The summed E-state index contributed by atoms with van der Waals surface area (Å²) in [6.07, 6.45) is 1.88. The van der Waals surface area contributed by atoms with Gasteiger partial charge in [0.15, 0.2) is 0 Å². The van der Waals surface area contributed by atoms with E-state index in [4.69, 9.17) is 0 Å². The molecule has 0 aliphatic heterocycles. The molecule has 3 aromatic rings. The van der Waals surface area contributed by atoms with Crippen LogP contribution in [0, 0.1) is 6.92 Å². The van der Waals surface area contributed by atoms with Crippen LogP contribution >= 0.6 is 0 Å². The highest BCUT2D eigenvalue weighted by Gasteiger charge is 2.18. The van der Waals surface area contributed by atoms with E-state index in [1.807, 2.05) is 55.5 Å². The van der Waals surface area contributed by atoms with Crippen LogP contribution in [-0.2, 0) is 24.2 Å². The number of amides is 1. The van der Waals surface area contributed by atoms with Crippen molar-refractivity contribution in [2.24, 2.45) is 0 Å². The first kappa shape index (κ1) is 22.4. The van der Waals surface area contributed by atoms with Gasteiger partial charge < -0.3 is 10.4 Å². The Balaban J connectivity index is 1.79. The number of carbonyl (C=O) groups is 1. The van der Waals surface area contributed by atoms with Crippen molar-refractivity contribution in [3.05, 3.63) is 87.8 Å². The van der Waals surface area contributed by atoms with Crippen molar-refractivity contribution >= 4 is 5.91 Å². The lowest BCUT2D eigenvalue weighted by Crippen LogP contribution is -2.39. The average Bonchev–Trinajstić information content (AvgIpc) is 2.78. The van der Waals surface area contributed by atoms with Gasteiger partial charge in [-0.25, -0.2) is 4.98 Å². The molecule has 1 aromatic heterocycles. The highest BCUT2D eigenvalue weighted by molar-refractivity contribution is 5.76.